The van der Waals surface area contributed by atoms with Crippen LogP contribution in [0.15, 0.2) is 139 Å². The summed E-state index contributed by atoms with van der Waals surface area (Å²) < 4.78 is 60.4. The second kappa shape index (κ2) is 23.7. The monoisotopic (exact) mass is 1200 g/mol. The van der Waals surface area contributed by atoms with Crippen LogP contribution in [-0.4, -0.2) is 137 Å². The molecule has 86 heavy (non-hydrogen) atoms. The molecule has 1 aliphatic heterocycles. The highest BCUT2D eigenvalue weighted by atomic mass is 32.2. The van der Waals surface area contributed by atoms with Crippen molar-refractivity contribution < 1.29 is 81.2 Å². The Hall–Kier alpha value is -7.99. The number of rotatable bonds is 13. The fourth-order valence-corrected chi connectivity index (χ4v) is 13.3. The molecule has 3 aliphatic carbocycles. The Labute approximate surface area is 498 Å². The highest BCUT2D eigenvalue weighted by Crippen LogP contribution is 2.64. The molecule has 2 heterocycles. The minimum Gasteiger partial charge on any atom is -0.494 e. The number of carbonyl (C=O) groups is 5. The Morgan fingerprint density at radius 3 is 1.99 bits per heavy atom. The third-order valence-electron chi connectivity index (χ3n) is 16.9. The van der Waals surface area contributed by atoms with Crippen molar-refractivity contribution >= 4 is 78.7 Å². The van der Waals surface area contributed by atoms with Gasteiger partial charge in [0.2, 0.25) is 10.0 Å². The number of pyridine rings is 1. The van der Waals surface area contributed by atoms with E-state index in [0.29, 0.717) is 17.0 Å². The van der Waals surface area contributed by atoms with Gasteiger partial charge in [0.25, 0.3) is 0 Å². The van der Waals surface area contributed by atoms with Crippen molar-refractivity contribution in [1.82, 2.24) is 10.3 Å². The van der Waals surface area contributed by atoms with Crippen molar-refractivity contribution in [2.75, 3.05) is 30.0 Å². The molecule has 1 aromatic heterocycles. The number of ether oxygens (including phenoxy) is 6. The lowest BCUT2D eigenvalue weighted by Gasteiger charge is -2.67. The second-order valence-corrected chi connectivity index (χ2v) is 25.8. The largest absolute Gasteiger partial charge is 0.494 e. The Morgan fingerprint density at radius 2 is 1.43 bits per heavy atom. The van der Waals surface area contributed by atoms with Gasteiger partial charge in [-0.3, -0.25) is 14.3 Å². The van der Waals surface area contributed by atoms with Crippen molar-refractivity contribution in [3.8, 4) is 5.75 Å². The standard InChI is InChI=1S/C43H53NO14.C21H19N3O3S/c1-22-26(55-37(51)32(48)30(24-15-11-9-12-16-24)44-38(52)58-39(3,4)5)20-43(53)35(56-36(50)25-17-13-10-14-18-25)33-41(8,34(49)31(47)29(22)40(43,6)7)27(46)19-28-42(33,21-54-28)57-23(2)45;1-27-20-13-14(24-28(2,25)26)11-12-19(20)23-21-15-7-3-5-9-17(15)22-18-10-6-4-8-16(18)21/h9-18,26-28,30-33,35,46-48,53H,19-21H2,1-8H3,(H,44,52);3-13,24H,1-2H3,(H,22,23)/t26-,27-,28+,30-,31+,32?,33-,35-,41+,42-,43+;/m0./s1. The van der Waals surface area contributed by atoms with Crippen LogP contribution in [0.1, 0.15) is 90.2 Å². The number of esters is 3. The summed E-state index contributed by atoms with van der Waals surface area (Å²) in [7, 11) is -1.82. The van der Waals surface area contributed by atoms with E-state index in [2.05, 4.69) is 15.4 Å². The van der Waals surface area contributed by atoms with Crippen molar-refractivity contribution in [2.24, 2.45) is 16.7 Å². The van der Waals surface area contributed by atoms with Crippen LogP contribution >= 0.6 is 0 Å². The minimum absolute atomic E-state index is 0.0637. The molecule has 5 aromatic carbocycles. The third-order valence-corrected chi connectivity index (χ3v) is 17.5. The predicted octanol–water partition coefficient (Wildman–Crippen LogP) is 7.77. The van der Waals surface area contributed by atoms with Crippen LogP contribution in [-0.2, 0) is 48.1 Å². The van der Waals surface area contributed by atoms with E-state index in [0.717, 1.165) is 46.4 Å². The van der Waals surface area contributed by atoms with E-state index < -0.39 is 122 Å². The number of carbonyl (C=O) groups excluding carboxylic acids is 5. The molecule has 21 nitrogen and oxygen atoms in total. The number of sulfonamides is 1. The maximum absolute atomic E-state index is 14.9. The van der Waals surface area contributed by atoms with E-state index >= 15 is 0 Å². The summed E-state index contributed by atoms with van der Waals surface area (Å²) in [4.78, 5) is 73.6. The summed E-state index contributed by atoms with van der Waals surface area (Å²) in [6.45, 7) is 11.8. The number of aliphatic hydroxyl groups excluding tert-OH is 3. The fourth-order valence-electron chi connectivity index (χ4n) is 12.7. The summed E-state index contributed by atoms with van der Waals surface area (Å²) in [5.41, 5.74) is -4.28. The van der Waals surface area contributed by atoms with Crippen LogP contribution in [0.2, 0.25) is 0 Å². The lowest BCUT2D eigenvalue weighted by molar-refractivity contribution is -0.346. The van der Waals surface area contributed by atoms with Crippen molar-refractivity contribution in [3.05, 3.63) is 150 Å². The van der Waals surface area contributed by atoms with Crippen molar-refractivity contribution in [2.45, 2.75) is 128 Å². The van der Waals surface area contributed by atoms with Crippen molar-refractivity contribution in [1.29, 1.82) is 0 Å². The van der Waals surface area contributed by atoms with Crippen LogP contribution in [0.25, 0.3) is 21.8 Å². The van der Waals surface area contributed by atoms with E-state index in [1.54, 1.807) is 108 Å². The number of methoxy groups -OCH3 is 1. The van der Waals surface area contributed by atoms with Crippen LogP contribution in [0.5, 0.6) is 5.75 Å². The first-order valence-corrected chi connectivity index (χ1v) is 29.9. The minimum atomic E-state index is -3.37. The number of fused-ring (bicyclic) bond motifs is 7. The summed E-state index contributed by atoms with van der Waals surface area (Å²) in [5, 5.41) is 57.0. The maximum atomic E-state index is 14.9. The van der Waals surface area contributed by atoms with Gasteiger partial charge >= 0.3 is 24.0 Å². The first-order chi connectivity index (χ1) is 40.4. The van der Waals surface area contributed by atoms with Crippen LogP contribution < -0.4 is 20.1 Å². The highest BCUT2D eigenvalue weighted by molar-refractivity contribution is 7.92. The van der Waals surface area contributed by atoms with Gasteiger partial charge in [-0.15, -0.1) is 0 Å². The molecular formula is C64H72N4O17S. The van der Waals surface area contributed by atoms with Crippen LogP contribution in [0, 0.1) is 16.7 Å². The molecule has 7 N–H and O–H groups in total. The smallest absolute Gasteiger partial charge is 0.408 e. The molecule has 10 rings (SSSR count). The van der Waals surface area contributed by atoms with Gasteiger partial charge in [0, 0.05) is 42.0 Å². The summed E-state index contributed by atoms with van der Waals surface area (Å²) in [6.07, 6.45) is -10.4. The first kappa shape index (κ1) is 62.5. The first-order valence-electron chi connectivity index (χ1n) is 28.0. The zero-order valence-corrected chi connectivity index (χ0v) is 50.1. The SMILES string of the molecule is CC(=O)O[C@@]12CO[C@@H]1C[C@H](O)[C@@]1(C)C(=O)[C@H](O)C3=C(C)[C@@H](OC(=O)C(O)[C@@H](NC(=O)OC(C)(C)C)c4ccccc4)C[C@@](O)([C@@H](OC(=O)c4ccccc4)[C@H]21)C3(C)C.COc1cc(NS(C)(=O)=O)ccc1Nc1c2ccccc2nc2ccccc12. The second-order valence-electron chi connectivity index (χ2n) is 24.0. The van der Waals surface area contributed by atoms with Gasteiger partial charge in [-0.2, -0.15) is 0 Å². The zero-order valence-electron chi connectivity index (χ0n) is 49.3. The number of nitrogens with zero attached hydrogens (tertiary/aromatic N) is 1. The normalized spacial score (nSPS) is 26.5. The number of benzene rings is 5. The molecule has 1 amide bonds. The molecule has 22 heteroatoms. The molecule has 0 spiro atoms. The number of aliphatic hydroxyl groups is 4. The van der Waals surface area contributed by atoms with Gasteiger partial charge < -0.3 is 59.5 Å². The molecule has 0 radical (unpaired) electrons. The van der Waals surface area contributed by atoms with Crippen LogP contribution in [0.4, 0.5) is 21.9 Å². The number of anilines is 3. The van der Waals surface area contributed by atoms with Crippen molar-refractivity contribution in [3.63, 3.8) is 0 Å². The van der Waals surface area contributed by atoms with E-state index in [9.17, 15) is 52.8 Å². The lowest BCUT2D eigenvalue weighted by Crippen LogP contribution is -2.81. The lowest BCUT2D eigenvalue weighted by atomic mass is 9.44. The number of para-hydroxylation sites is 2. The average molecular weight is 1200 g/mol. The van der Waals surface area contributed by atoms with E-state index in [-0.39, 0.29) is 29.7 Å². The molecular weight excluding hydrogens is 1130 g/mol. The zero-order chi connectivity index (χ0) is 62.5. The Kier molecular flexibility index (Phi) is 17.2. The van der Waals surface area contributed by atoms with Gasteiger partial charge in [0.05, 0.1) is 77.1 Å². The molecule has 11 atom stereocenters. The molecule has 1 saturated heterocycles. The van der Waals surface area contributed by atoms with Gasteiger partial charge in [-0.1, -0.05) is 98.8 Å². The number of Topliss-reactive ketones (excluding diaryl/α,β-unsaturated/α-hetero) is 1. The van der Waals surface area contributed by atoms with Gasteiger partial charge in [-0.05, 0) is 87.7 Å². The Morgan fingerprint density at radius 1 is 0.837 bits per heavy atom. The summed E-state index contributed by atoms with van der Waals surface area (Å²) >= 11 is 0. The molecule has 1 unspecified atom stereocenters. The molecule has 456 valence electrons. The number of amides is 1. The van der Waals surface area contributed by atoms with Crippen LogP contribution in [0.3, 0.4) is 0 Å². The van der Waals surface area contributed by atoms with Gasteiger partial charge in [0.15, 0.2) is 17.5 Å². The molecule has 3 fully saturated rings. The van der Waals surface area contributed by atoms with E-state index in [4.69, 9.17) is 33.4 Å². The number of alkyl carbamates (subject to hydrolysis) is 1. The number of ketones is 1. The van der Waals surface area contributed by atoms with Gasteiger partial charge in [-0.25, -0.2) is 27.8 Å². The Bertz CT molecular complexity index is 3690. The Balaban J connectivity index is 0.000000262. The quantitative estimate of drug-likeness (QED) is 0.0251. The molecule has 2 saturated carbocycles. The average Bonchev–Trinajstić information content (AvgIpc) is 0.676. The van der Waals surface area contributed by atoms with Gasteiger partial charge in [0.1, 0.15) is 41.4 Å². The van der Waals surface area contributed by atoms with E-state index in [1.165, 1.54) is 26.0 Å². The number of aromatic nitrogens is 1. The fraction of sp³-hybridized carbons (Fsp3) is 0.406. The van der Waals surface area contributed by atoms with E-state index in [1.807, 2.05) is 48.5 Å². The molecule has 6 aromatic rings. The summed E-state index contributed by atoms with van der Waals surface area (Å²) in [5.74, 6) is -4.84. The molecule has 4 aliphatic rings. The third kappa shape index (κ3) is 11.8. The topological polar surface area (TPSA) is 305 Å². The predicted molar refractivity (Wildman–Crippen MR) is 318 cm³/mol. The highest BCUT2D eigenvalue weighted by Gasteiger charge is 2.78. The number of nitrogens with one attached hydrogen (secondary N) is 3. The number of hydrogen-bond donors (Lipinski definition) is 7. The number of hydrogen-bond acceptors (Lipinski definition) is 19. The molecule has 2 bridgehead atoms. The summed E-state index contributed by atoms with van der Waals surface area (Å²) in [6, 6.07) is 35.6. The maximum Gasteiger partial charge on any atom is 0.408 e.